The molecule has 1 saturated carbocycles. The van der Waals surface area contributed by atoms with Gasteiger partial charge in [-0.1, -0.05) is 0 Å². The van der Waals surface area contributed by atoms with Crippen LogP contribution in [0.3, 0.4) is 0 Å². The highest BCUT2D eigenvalue weighted by molar-refractivity contribution is 5.80. The van der Waals surface area contributed by atoms with Crippen molar-refractivity contribution in [3.05, 3.63) is 18.0 Å². The van der Waals surface area contributed by atoms with E-state index in [9.17, 15) is 4.79 Å². The minimum atomic E-state index is 0.211. The van der Waals surface area contributed by atoms with Gasteiger partial charge in [-0.15, -0.1) is 0 Å². The number of aryl methyl sites for hydroxylation is 1. The summed E-state index contributed by atoms with van der Waals surface area (Å²) in [6.45, 7) is 4.69. The minimum Gasteiger partial charge on any atom is -0.376 e. The van der Waals surface area contributed by atoms with Crippen molar-refractivity contribution in [1.82, 2.24) is 20.0 Å². The van der Waals surface area contributed by atoms with Crippen LogP contribution in [0.2, 0.25) is 0 Å². The first kappa shape index (κ1) is 15.1. The Hall–Kier alpha value is -1.40. The maximum atomic E-state index is 11.8. The van der Waals surface area contributed by atoms with E-state index in [1.807, 2.05) is 17.9 Å². The van der Waals surface area contributed by atoms with Crippen LogP contribution in [0.15, 0.2) is 12.4 Å². The molecule has 23 heavy (non-hydrogen) atoms. The van der Waals surface area contributed by atoms with Gasteiger partial charge in [0.05, 0.1) is 18.9 Å². The number of nitrogens with zero attached hydrogens (tertiary/aromatic N) is 3. The molecule has 3 aliphatic rings. The lowest BCUT2D eigenvalue weighted by atomic mass is 9.84. The molecule has 3 heterocycles. The molecule has 1 aliphatic carbocycles. The Morgan fingerprint density at radius 2 is 2.30 bits per heavy atom. The van der Waals surface area contributed by atoms with Gasteiger partial charge in [0.2, 0.25) is 5.91 Å². The van der Waals surface area contributed by atoms with E-state index in [-0.39, 0.29) is 17.9 Å². The van der Waals surface area contributed by atoms with Crippen molar-refractivity contribution in [2.24, 2.45) is 24.8 Å². The normalized spacial score (nSPS) is 31.1. The standard InChI is InChI=1S/C17H26N4O2/c1-20-8-12(6-19-20)9-21-5-4-15-14(10-21)11-23-16(15)7-18-17(22)13-2-3-13/h6,8,13-16H,2-5,7,9-11H2,1H3,(H,18,22)/t14-,15-,16-/m1/s1. The third kappa shape index (κ3) is 3.43. The number of hydrogen-bond donors (Lipinski definition) is 1. The molecule has 6 nitrogen and oxygen atoms in total. The van der Waals surface area contributed by atoms with Gasteiger partial charge in [0.15, 0.2) is 0 Å². The molecule has 1 amide bonds. The van der Waals surface area contributed by atoms with Crippen LogP contribution in [0.25, 0.3) is 0 Å². The molecule has 1 aromatic heterocycles. The summed E-state index contributed by atoms with van der Waals surface area (Å²) in [6.07, 6.45) is 7.54. The molecule has 0 bridgehead atoms. The van der Waals surface area contributed by atoms with Crippen molar-refractivity contribution in [3.63, 3.8) is 0 Å². The Balaban J connectivity index is 1.27. The Morgan fingerprint density at radius 1 is 1.43 bits per heavy atom. The zero-order valence-corrected chi connectivity index (χ0v) is 13.8. The summed E-state index contributed by atoms with van der Waals surface area (Å²) in [4.78, 5) is 14.3. The first-order valence-electron chi connectivity index (χ1n) is 8.78. The maximum absolute atomic E-state index is 11.8. The number of carbonyl (C=O) groups excluding carboxylic acids is 1. The van der Waals surface area contributed by atoms with Gasteiger partial charge < -0.3 is 10.1 Å². The van der Waals surface area contributed by atoms with Crippen molar-refractivity contribution < 1.29 is 9.53 Å². The lowest BCUT2D eigenvalue weighted by Gasteiger charge is -2.35. The first-order valence-corrected chi connectivity index (χ1v) is 8.78. The molecule has 1 N–H and O–H groups in total. The van der Waals surface area contributed by atoms with E-state index in [2.05, 4.69) is 21.5 Å². The average Bonchev–Trinajstić information content (AvgIpc) is 3.21. The van der Waals surface area contributed by atoms with Crippen molar-refractivity contribution in [2.45, 2.75) is 31.9 Å². The van der Waals surface area contributed by atoms with E-state index in [0.717, 1.165) is 45.5 Å². The zero-order valence-electron chi connectivity index (χ0n) is 13.8. The van der Waals surface area contributed by atoms with Gasteiger partial charge in [-0.2, -0.15) is 5.10 Å². The number of amides is 1. The number of aromatic nitrogens is 2. The lowest BCUT2D eigenvalue weighted by molar-refractivity contribution is -0.122. The fourth-order valence-electron chi connectivity index (χ4n) is 4.02. The first-order chi connectivity index (χ1) is 11.2. The van der Waals surface area contributed by atoms with Gasteiger partial charge in [-0.05, 0) is 31.7 Å². The molecule has 3 atom stereocenters. The second-order valence-corrected chi connectivity index (χ2v) is 7.36. The molecular weight excluding hydrogens is 292 g/mol. The van der Waals surface area contributed by atoms with Gasteiger partial charge in [0, 0.05) is 50.3 Å². The van der Waals surface area contributed by atoms with Crippen LogP contribution in [0.4, 0.5) is 0 Å². The average molecular weight is 318 g/mol. The fourth-order valence-corrected chi connectivity index (χ4v) is 4.02. The van der Waals surface area contributed by atoms with Crippen LogP contribution < -0.4 is 5.32 Å². The van der Waals surface area contributed by atoms with E-state index >= 15 is 0 Å². The predicted molar refractivity (Wildman–Crippen MR) is 85.6 cm³/mol. The molecule has 3 fully saturated rings. The smallest absolute Gasteiger partial charge is 0.223 e. The molecule has 2 saturated heterocycles. The predicted octanol–water partition coefficient (Wildman–Crippen LogP) is 0.783. The highest BCUT2D eigenvalue weighted by Crippen LogP contribution is 2.35. The third-order valence-electron chi connectivity index (χ3n) is 5.47. The number of ether oxygens (including phenoxy) is 1. The van der Waals surface area contributed by atoms with Crippen LogP contribution >= 0.6 is 0 Å². The number of rotatable bonds is 5. The van der Waals surface area contributed by atoms with Gasteiger partial charge in [-0.3, -0.25) is 14.4 Å². The molecule has 0 unspecified atom stereocenters. The van der Waals surface area contributed by atoms with E-state index in [1.54, 1.807) is 0 Å². The number of carbonyl (C=O) groups is 1. The molecule has 0 radical (unpaired) electrons. The van der Waals surface area contributed by atoms with Crippen LogP contribution in [0.5, 0.6) is 0 Å². The molecule has 1 aromatic rings. The molecular formula is C17H26N4O2. The summed E-state index contributed by atoms with van der Waals surface area (Å²) in [5, 5.41) is 7.33. The summed E-state index contributed by atoms with van der Waals surface area (Å²) < 4.78 is 7.86. The summed E-state index contributed by atoms with van der Waals surface area (Å²) in [5.74, 6) is 1.71. The molecule has 4 rings (SSSR count). The Labute approximate surface area is 137 Å². The SMILES string of the molecule is Cn1cc(CN2CC[C@@H]3[C@@H](CO[C@@H]3CNC(=O)C3CC3)C2)cn1. The molecule has 126 valence electrons. The largest absolute Gasteiger partial charge is 0.376 e. The minimum absolute atomic E-state index is 0.211. The topological polar surface area (TPSA) is 59.4 Å². The highest BCUT2D eigenvalue weighted by atomic mass is 16.5. The van der Waals surface area contributed by atoms with Crippen molar-refractivity contribution >= 4 is 5.91 Å². The van der Waals surface area contributed by atoms with Gasteiger partial charge in [0.25, 0.3) is 0 Å². The highest BCUT2D eigenvalue weighted by Gasteiger charge is 2.41. The molecule has 0 aromatic carbocycles. The Bertz CT molecular complexity index is 569. The van der Waals surface area contributed by atoms with Gasteiger partial charge in [0.1, 0.15) is 0 Å². The monoisotopic (exact) mass is 318 g/mol. The van der Waals surface area contributed by atoms with Crippen LogP contribution in [-0.4, -0.2) is 52.9 Å². The lowest BCUT2D eigenvalue weighted by Crippen LogP contribution is -2.43. The second-order valence-electron chi connectivity index (χ2n) is 7.36. The summed E-state index contributed by atoms with van der Waals surface area (Å²) in [7, 11) is 1.96. The van der Waals surface area contributed by atoms with Crippen LogP contribution in [0.1, 0.15) is 24.8 Å². The van der Waals surface area contributed by atoms with Gasteiger partial charge in [-0.25, -0.2) is 0 Å². The van der Waals surface area contributed by atoms with Crippen molar-refractivity contribution in [3.8, 4) is 0 Å². The van der Waals surface area contributed by atoms with Crippen LogP contribution in [0, 0.1) is 17.8 Å². The summed E-state index contributed by atoms with van der Waals surface area (Å²) >= 11 is 0. The fraction of sp³-hybridized carbons (Fsp3) is 0.765. The van der Waals surface area contributed by atoms with E-state index < -0.39 is 0 Å². The Kier molecular flexibility index (Phi) is 4.11. The van der Waals surface area contributed by atoms with Crippen molar-refractivity contribution in [2.75, 3.05) is 26.2 Å². The number of hydrogen-bond acceptors (Lipinski definition) is 4. The number of fused-ring (bicyclic) bond motifs is 1. The van der Waals surface area contributed by atoms with E-state index in [1.165, 1.54) is 5.56 Å². The number of piperidine rings is 1. The van der Waals surface area contributed by atoms with Crippen LogP contribution in [-0.2, 0) is 23.1 Å². The maximum Gasteiger partial charge on any atom is 0.223 e. The summed E-state index contributed by atoms with van der Waals surface area (Å²) in [6, 6.07) is 0. The molecule has 0 spiro atoms. The zero-order chi connectivity index (χ0) is 15.8. The number of likely N-dealkylation sites (tertiary alicyclic amines) is 1. The third-order valence-corrected chi connectivity index (χ3v) is 5.47. The quantitative estimate of drug-likeness (QED) is 0.872. The second kappa shape index (κ2) is 6.24. The van der Waals surface area contributed by atoms with Gasteiger partial charge >= 0.3 is 0 Å². The molecule has 6 heteroatoms. The number of nitrogens with one attached hydrogen (secondary N) is 1. The van der Waals surface area contributed by atoms with Crippen molar-refractivity contribution in [1.29, 1.82) is 0 Å². The Morgan fingerprint density at radius 3 is 3.04 bits per heavy atom. The van der Waals surface area contributed by atoms with E-state index in [4.69, 9.17) is 4.74 Å². The molecule has 2 aliphatic heterocycles. The summed E-state index contributed by atoms with van der Waals surface area (Å²) in [5.41, 5.74) is 1.28. The van der Waals surface area contributed by atoms with E-state index in [0.29, 0.717) is 18.4 Å².